The van der Waals surface area contributed by atoms with Crippen molar-refractivity contribution < 1.29 is 14.3 Å². The summed E-state index contributed by atoms with van der Waals surface area (Å²) in [6, 6.07) is 15.9. The molecule has 1 heterocycles. The van der Waals surface area contributed by atoms with Gasteiger partial charge in [0.2, 0.25) is 0 Å². The van der Waals surface area contributed by atoms with Crippen molar-refractivity contribution in [3.63, 3.8) is 0 Å². The van der Waals surface area contributed by atoms with Crippen molar-refractivity contribution in [2.75, 3.05) is 42.2 Å². The van der Waals surface area contributed by atoms with Crippen LogP contribution in [-0.2, 0) is 9.53 Å². The molecule has 2 aromatic rings. The standard InChI is InChI=1S/C20H24N4O3/c1-2-24-11-12-27-18(14-24)19(25)21-16-9-6-10-17(13-16)23-20(26)22-15-7-4-3-5-8-15/h3-10,13,18H,2,11-12,14H2,1H3,(H,21,25)(H2,22,23,26). The van der Waals surface area contributed by atoms with E-state index in [9.17, 15) is 9.59 Å². The molecule has 1 unspecified atom stereocenters. The van der Waals surface area contributed by atoms with Gasteiger partial charge in [-0.25, -0.2) is 4.79 Å². The van der Waals surface area contributed by atoms with Gasteiger partial charge in [-0.2, -0.15) is 0 Å². The molecule has 1 atom stereocenters. The van der Waals surface area contributed by atoms with E-state index in [0.717, 1.165) is 13.1 Å². The molecule has 2 aromatic carbocycles. The fourth-order valence-corrected chi connectivity index (χ4v) is 2.86. The molecule has 1 fully saturated rings. The Morgan fingerprint density at radius 2 is 1.67 bits per heavy atom. The summed E-state index contributed by atoms with van der Waals surface area (Å²) in [6.45, 7) is 4.93. The molecule has 3 N–H and O–H groups in total. The third-order valence-electron chi connectivity index (χ3n) is 4.31. The topological polar surface area (TPSA) is 82.7 Å². The minimum Gasteiger partial charge on any atom is -0.366 e. The lowest BCUT2D eigenvalue weighted by Crippen LogP contribution is -2.47. The number of hydrogen-bond donors (Lipinski definition) is 3. The van der Waals surface area contributed by atoms with Crippen LogP contribution >= 0.6 is 0 Å². The third kappa shape index (κ3) is 5.54. The zero-order valence-electron chi connectivity index (χ0n) is 15.3. The Kier molecular flexibility index (Phi) is 6.40. The highest BCUT2D eigenvalue weighted by molar-refractivity contribution is 6.00. The van der Waals surface area contributed by atoms with Crippen molar-refractivity contribution in [1.29, 1.82) is 0 Å². The maximum atomic E-state index is 12.4. The quantitative estimate of drug-likeness (QED) is 0.758. The second-order valence-electron chi connectivity index (χ2n) is 6.27. The van der Waals surface area contributed by atoms with Crippen LogP contribution in [0.1, 0.15) is 6.92 Å². The monoisotopic (exact) mass is 368 g/mol. The highest BCUT2D eigenvalue weighted by atomic mass is 16.5. The zero-order chi connectivity index (χ0) is 19.1. The molecule has 7 nitrogen and oxygen atoms in total. The predicted octanol–water partition coefficient (Wildman–Crippen LogP) is 2.99. The van der Waals surface area contributed by atoms with Crippen LogP contribution in [0.4, 0.5) is 21.9 Å². The Balaban J connectivity index is 1.56. The Morgan fingerprint density at radius 3 is 2.41 bits per heavy atom. The van der Waals surface area contributed by atoms with Crippen LogP contribution in [0.2, 0.25) is 0 Å². The van der Waals surface area contributed by atoms with Crippen molar-refractivity contribution in [2.45, 2.75) is 13.0 Å². The van der Waals surface area contributed by atoms with E-state index < -0.39 is 6.10 Å². The van der Waals surface area contributed by atoms with Gasteiger partial charge < -0.3 is 20.7 Å². The molecule has 1 aliphatic heterocycles. The summed E-state index contributed by atoms with van der Waals surface area (Å²) in [5.41, 5.74) is 1.89. The van der Waals surface area contributed by atoms with Crippen LogP contribution in [0.3, 0.4) is 0 Å². The number of likely N-dealkylation sites (N-methyl/N-ethyl adjacent to an activating group) is 1. The highest BCUT2D eigenvalue weighted by Gasteiger charge is 2.25. The van der Waals surface area contributed by atoms with Gasteiger partial charge in [-0.1, -0.05) is 31.2 Å². The summed E-state index contributed by atoms with van der Waals surface area (Å²) in [4.78, 5) is 26.7. The van der Waals surface area contributed by atoms with Gasteiger partial charge in [-0.05, 0) is 36.9 Å². The fourth-order valence-electron chi connectivity index (χ4n) is 2.86. The number of carbonyl (C=O) groups excluding carboxylic acids is 2. The van der Waals surface area contributed by atoms with Gasteiger partial charge in [-0.3, -0.25) is 9.69 Å². The van der Waals surface area contributed by atoms with E-state index in [1.807, 2.05) is 18.2 Å². The number of amides is 3. The molecule has 1 aliphatic rings. The molecule has 7 heteroatoms. The Morgan fingerprint density at radius 1 is 1.00 bits per heavy atom. The number of para-hydroxylation sites is 1. The van der Waals surface area contributed by atoms with Gasteiger partial charge in [0.15, 0.2) is 0 Å². The van der Waals surface area contributed by atoms with E-state index >= 15 is 0 Å². The van der Waals surface area contributed by atoms with Gasteiger partial charge in [0.1, 0.15) is 6.10 Å². The number of ether oxygens (including phenoxy) is 1. The summed E-state index contributed by atoms with van der Waals surface area (Å²) in [7, 11) is 0. The third-order valence-corrected chi connectivity index (χ3v) is 4.31. The number of carbonyl (C=O) groups is 2. The van der Waals surface area contributed by atoms with E-state index in [0.29, 0.717) is 30.2 Å². The van der Waals surface area contributed by atoms with Crippen LogP contribution in [0.15, 0.2) is 54.6 Å². The lowest BCUT2D eigenvalue weighted by Gasteiger charge is -2.31. The van der Waals surface area contributed by atoms with Crippen molar-refractivity contribution >= 4 is 29.0 Å². The summed E-state index contributed by atoms with van der Waals surface area (Å²) in [6.07, 6.45) is -0.489. The number of anilines is 3. The second-order valence-corrected chi connectivity index (χ2v) is 6.27. The zero-order valence-corrected chi connectivity index (χ0v) is 15.3. The summed E-state index contributed by atoms with van der Waals surface area (Å²) in [5.74, 6) is -0.181. The average Bonchev–Trinajstić information content (AvgIpc) is 2.69. The van der Waals surface area contributed by atoms with Crippen LogP contribution in [0, 0.1) is 0 Å². The number of rotatable bonds is 5. The molecule has 0 saturated carbocycles. The van der Waals surface area contributed by atoms with Gasteiger partial charge in [-0.15, -0.1) is 0 Å². The first-order chi connectivity index (χ1) is 13.1. The average molecular weight is 368 g/mol. The molecule has 0 aliphatic carbocycles. The molecule has 3 rings (SSSR count). The Bertz CT molecular complexity index is 782. The molecular formula is C20H24N4O3. The normalized spacial score (nSPS) is 17.1. The van der Waals surface area contributed by atoms with Crippen molar-refractivity contribution in [1.82, 2.24) is 4.90 Å². The van der Waals surface area contributed by atoms with Crippen molar-refractivity contribution in [3.05, 3.63) is 54.6 Å². The SMILES string of the molecule is CCN1CCOC(C(=O)Nc2cccc(NC(=O)Nc3ccccc3)c2)C1. The first-order valence-electron chi connectivity index (χ1n) is 9.02. The lowest BCUT2D eigenvalue weighted by molar-refractivity contribution is -0.132. The molecule has 0 aromatic heterocycles. The largest absolute Gasteiger partial charge is 0.366 e. The fraction of sp³-hybridized carbons (Fsp3) is 0.300. The van der Waals surface area contributed by atoms with Gasteiger partial charge in [0.05, 0.1) is 6.61 Å². The Labute approximate surface area is 158 Å². The highest BCUT2D eigenvalue weighted by Crippen LogP contribution is 2.17. The smallest absolute Gasteiger partial charge is 0.323 e. The summed E-state index contributed by atoms with van der Waals surface area (Å²) in [5, 5.41) is 8.37. The maximum absolute atomic E-state index is 12.4. The molecule has 0 spiro atoms. The minimum atomic E-state index is -0.489. The van der Waals surface area contributed by atoms with E-state index in [4.69, 9.17) is 4.74 Å². The van der Waals surface area contributed by atoms with Crippen molar-refractivity contribution in [3.8, 4) is 0 Å². The lowest BCUT2D eigenvalue weighted by atomic mass is 10.2. The predicted molar refractivity (Wildman–Crippen MR) is 106 cm³/mol. The molecule has 3 amide bonds. The number of urea groups is 1. The van der Waals surface area contributed by atoms with Gasteiger partial charge in [0, 0.05) is 30.2 Å². The van der Waals surface area contributed by atoms with Crippen LogP contribution in [0.25, 0.3) is 0 Å². The molecular weight excluding hydrogens is 344 g/mol. The number of nitrogens with one attached hydrogen (secondary N) is 3. The number of morpholine rings is 1. The Hall–Kier alpha value is -2.90. The number of nitrogens with zero attached hydrogens (tertiary/aromatic N) is 1. The number of benzene rings is 2. The van der Waals surface area contributed by atoms with Crippen molar-refractivity contribution in [2.24, 2.45) is 0 Å². The van der Waals surface area contributed by atoms with E-state index in [-0.39, 0.29) is 11.9 Å². The van der Waals surface area contributed by atoms with Crippen LogP contribution in [0.5, 0.6) is 0 Å². The second kappa shape index (κ2) is 9.16. The number of hydrogen-bond acceptors (Lipinski definition) is 4. The maximum Gasteiger partial charge on any atom is 0.323 e. The molecule has 27 heavy (non-hydrogen) atoms. The van der Waals surface area contributed by atoms with E-state index in [1.165, 1.54) is 0 Å². The minimum absolute atomic E-state index is 0.181. The summed E-state index contributed by atoms with van der Waals surface area (Å²) >= 11 is 0. The van der Waals surface area contributed by atoms with E-state index in [1.54, 1.807) is 36.4 Å². The molecule has 1 saturated heterocycles. The molecule has 0 radical (unpaired) electrons. The van der Waals surface area contributed by atoms with Crippen LogP contribution in [-0.4, -0.2) is 49.2 Å². The van der Waals surface area contributed by atoms with E-state index in [2.05, 4.69) is 27.8 Å². The van der Waals surface area contributed by atoms with Crippen LogP contribution < -0.4 is 16.0 Å². The van der Waals surface area contributed by atoms with Gasteiger partial charge >= 0.3 is 6.03 Å². The first kappa shape index (κ1) is 18.9. The summed E-state index contributed by atoms with van der Waals surface area (Å²) < 4.78 is 5.57. The van der Waals surface area contributed by atoms with Gasteiger partial charge in [0.25, 0.3) is 5.91 Å². The first-order valence-corrected chi connectivity index (χ1v) is 9.02. The molecule has 0 bridgehead atoms. The molecule has 142 valence electrons.